The number of esters is 1. The van der Waals surface area contributed by atoms with Crippen molar-refractivity contribution in [1.82, 2.24) is 0 Å². The molecule has 0 aromatic heterocycles. The SMILES string of the molecule is CC(C)(C)OC(=O)C12CC3(N)C[C@@](C)(C1)C[C@](C)(C3)C2. The van der Waals surface area contributed by atoms with E-state index in [2.05, 4.69) is 13.8 Å². The summed E-state index contributed by atoms with van der Waals surface area (Å²) >= 11 is 0. The number of ether oxygens (including phenoxy) is 1. The second-order valence-corrected chi connectivity index (χ2v) is 9.83. The van der Waals surface area contributed by atoms with Gasteiger partial charge in [-0.25, -0.2) is 0 Å². The highest BCUT2D eigenvalue weighted by molar-refractivity contribution is 5.78. The van der Waals surface area contributed by atoms with E-state index in [-0.39, 0.29) is 27.8 Å². The standard InChI is InChI=1S/C17H29NO2/c1-13(2,3)20-12(19)16-7-14(4)6-15(5,8-16)10-17(18,9-14)11-16/h6-11,18H2,1-5H3/t14-,15+,16?,17?. The third kappa shape index (κ3) is 2.18. The number of hydrogen-bond acceptors (Lipinski definition) is 3. The van der Waals surface area contributed by atoms with Crippen molar-refractivity contribution in [3.8, 4) is 0 Å². The normalized spacial score (nSPS) is 50.3. The third-order valence-corrected chi connectivity index (χ3v) is 5.46. The molecule has 0 radical (unpaired) electrons. The average Bonchev–Trinajstić information content (AvgIpc) is 2.05. The van der Waals surface area contributed by atoms with Gasteiger partial charge in [-0.2, -0.15) is 0 Å². The lowest BCUT2D eigenvalue weighted by Gasteiger charge is -2.67. The number of nitrogens with two attached hydrogens (primary N) is 1. The molecule has 0 heterocycles. The van der Waals surface area contributed by atoms with Crippen LogP contribution in [0.2, 0.25) is 0 Å². The van der Waals surface area contributed by atoms with E-state index in [0.29, 0.717) is 0 Å². The van der Waals surface area contributed by atoms with E-state index >= 15 is 0 Å². The maximum absolute atomic E-state index is 12.9. The van der Waals surface area contributed by atoms with Crippen molar-refractivity contribution in [3.05, 3.63) is 0 Å². The van der Waals surface area contributed by atoms with Gasteiger partial charge in [-0.1, -0.05) is 13.8 Å². The maximum atomic E-state index is 12.9. The van der Waals surface area contributed by atoms with Crippen molar-refractivity contribution in [1.29, 1.82) is 0 Å². The van der Waals surface area contributed by atoms with Crippen LogP contribution in [0.15, 0.2) is 0 Å². The second kappa shape index (κ2) is 3.60. The van der Waals surface area contributed by atoms with E-state index in [0.717, 1.165) is 32.1 Å². The minimum Gasteiger partial charge on any atom is -0.460 e. The first-order valence-corrected chi connectivity index (χ1v) is 7.89. The number of carbonyl (C=O) groups is 1. The first-order chi connectivity index (χ1) is 8.87. The Morgan fingerprint density at radius 2 is 1.45 bits per heavy atom. The first kappa shape index (κ1) is 14.4. The molecule has 4 saturated carbocycles. The van der Waals surface area contributed by atoms with Gasteiger partial charge in [-0.05, 0) is 70.1 Å². The summed E-state index contributed by atoms with van der Waals surface area (Å²) in [6.45, 7) is 10.5. The van der Waals surface area contributed by atoms with E-state index in [4.69, 9.17) is 10.5 Å². The minimum absolute atomic E-state index is 0.00336. The molecule has 0 saturated heterocycles. The lowest BCUT2D eigenvalue weighted by Crippen LogP contribution is -2.68. The van der Waals surface area contributed by atoms with Crippen LogP contribution in [-0.4, -0.2) is 17.1 Å². The first-order valence-electron chi connectivity index (χ1n) is 7.89. The molecule has 114 valence electrons. The molecule has 4 aliphatic carbocycles. The van der Waals surface area contributed by atoms with E-state index in [9.17, 15) is 4.79 Å². The van der Waals surface area contributed by atoms with Gasteiger partial charge in [-0.15, -0.1) is 0 Å². The van der Waals surface area contributed by atoms with Crippen molar-refractivity contribution in [2.24, 2.45) is 22.0 Å². The van der Waals surface area contributed by atoms with E-state index in [1.807, 2.05) is 20.8 Å². The van der Waals surface area contributed by atoms with Gasteiger partial charge in [0.05, 0.1) is 5.41 Å². The zero-order valence-electron chi connectivity index (χ0n) is 13.6. The predicted octanol–water partition coefficient (Wildman–Crippen LogP) is 3.41. The Bertz CT molecular complexity index is 409. The summed E-state index contributed by atoms with van der Waals surface area (Å²) in [5, 5.41) is 0. The van der Waals surface area contributed by atoms with E-state index in [1.165, 1.54) is 6.42 Å². The van der Waals surface area contributed by atoms with Crippen molar-refractivity contribution in [3.63, 3.8) is 0 Å². The molecule has 4 aliphatic rings. The molecule has 0 aromatic carbocycles. The quantitative estimate of drug-likeness (QED) is 0.748. The fraction of sp³-hybridized carbons (Fsp3) is 0.941. The molecule has 3 nitrogen and oxygen atoms in total. The van der Waals surface area contributed by atoms with Crippen LogP contribution < -0.4 is 5.73 Å². The molecule has 0 aliphatic heterocycles. The van der Waals surface area contributed by atoms with Crippen LogP contribution in [0.4, 0.5) is 0 Å². The summed E-state index contributed by atoms with van der Waals surface area (Å²) < 4.78 is 5.76. The van der Waals surface area contributed by atoms with Crippen LogP contribution in [0.3, 0.4) is 0 Å². The fourth-order valence-electron chi connectivity index (χ4n) is 6.39. The van der Waals surface area contributed by atoms with Crippen molar-refractivity contribution in [2.45, 2.75) is 84.3 Å². The van der Waals surface area contributed by atoms with Gasteiger partial charge in [-0.3, -0.25) is 4.79 Å². The minimum atomic E-state index is -0.413. The Balaban J connectivity index is 1.96. The fourth-order valence-corrected chi connectivity index (χ4v) is 6.39. The monoisotopic (exact) mass is 279 g/mol. The summed E-state index contributed by atoms with van der Waals surface area (Å²) in [6, 6.07) is 0. The Morgan fingerprint density at radius 3 is 1.85 bits per heavy atom. The number of hydrogen-bond donors (Lipinski definition) is 1. The summed E-state index contributed by atoms with van der Waals surface area (Å²) in [7, 11) is 0. The van der Waals surface area contributed by atoms with Crippen molar-refractivity contribution < 1.29 is 9.53 Å². The van der Waals surface area contributed by atoms with Gasteiger partial charge in [0.25, 0.3) is 0 Å². The topological polar surface area (TPSA) is 52.3 Å². The van der Waals surface area contributed by atoms with Gasteiger partial charge in [0, 0.05) is 5.54 Å². The Labute approximate surface area is 122 Å². The van der Waals surface area contributed by atoms with E-state index < -0.39 is 5.60 Å². The molecule has 0 spiro atoms. The molecule has 2 N–H and O–H groups in total. The van der Waals surface area contributed by atoms with Crippen LogP contribution in [0.1, 0.15) is 73.1 Å². The van der Waals surface area contributed by atoms with Gasteiger partial charge in [0.1, 0.15) is 5.60 Å². The molecule has 4 fully saturated rings. The van der Waals surface area contributed by atoms with Crippen LogP contribution in [-0.2, 0) is 9.53 Å². The molecule has 3 heteroatoms. The summed E-state index contributed by atoms with van der Waals surface area (Å²) in [4.78, 5) is 12.9. The van der Waals surface area contributed by atoms with Gasteiger partial charge < -0.3 is 10.5 Å². The Hall–Kier alpha value is -0.570. The molecule has 0 aromatic rings. The molecule has 0 amide bonds. The molecular formula is C17H29NO2. The van der Waals surface area contributed by atoms with Gasteiger partial charge in [0.15, 0.2) is 0 Å². The maximum Gasteiger partial charge on any atom is 0.312 e. The lowest BCUT2D eigenvalue weighted by atomic mass is 9.38. The number of rotatable bonds is 1. The highest BCUT2D eigenvalue weighted by atomic mass is 16.6. The molecule has 4 rings (SSSR count). The zero-order chi connectivity index (χ0) is 15.0. The Kier molecular flexibility index (Phi) is 2.59. The largest absolute Gasteiger partial charge is 0.460 e. The van der Waals surface area contributed by atoms with Gasteiger partial charge in [0.2, 0.25) is 0 Å². The molecule has 2 unspecified atom stereocenters. The van der Waals surface area contributed by atoms with Crippen molar-refractivity contribution >= 4 is 5.97 Å². The second-order valence-electron chi connectivity index (χ2n) is 9.83. The average molecular weight is 279 g/mol. The smallest absolute Gasteiger partial charge is 0.312 e. The lowest BCUT2D eigenvalue weighted by molar-refractivity contribution is -0.203. The molecule has 4 atom stereocenters. The predicted molar refractivity (Wildman–Crippen MR) is 79.1 cm³/mol. The highest BCUT2D eigenvalue weighted by Gasteiger charge is 2.67. The zero-order valence-corrected chi connectivity index (χ0v) is 13.6. The molecule has 20 heavy (non-hydrogen) atoms. The summed E-state index contributed by atoms with van der Waals surface area (Å²) in [6.07, 6.45) is 6.09. The van der Waals surface area contributed by atoms with Crippen LogP contribution in [0, 0.1) is 16.2 Å². The summed E-state index contributed by atoms with van der Waals surface area (Å²) in [5.41, 5.74) is 6.20. The third-order valence-electron chi connectivity index (χ3n) is 5.46. The van der Waals surface area contributed by atoms with Crippen LogP contribution >= 0.6 is 0 Å². The van der Waals surface area contributed by atoms with Crippen LogP contribution in [0.5, 0.6) is 0 Å². The molecule has 4 bridgehead atoms. The van der Waals surface area contributed by atoms with E-state index in [1.54, 1.807) is 0 Å². The molecular weight excluding hydrogens is 250 g/mol. The Morgan fingerprint density at radius 1 is 0.950 bits per heavy atom. The van der Waals surface area contributed by atoms with Gasteiger partial charge >= 0.3 is 5.97 Å². The highest BCUT2D eigenvalue weighted by Crippen LogP contribution is 2.70. The van der Waals surface area contributed by atoms with Crippen molar-refractivity contribution in [2.75, 3.05) is 0 Å². The van der Waals surface area contributed by atoms with Crippen LogP contribution in [0.25, 0.3) is 0 Å². The summed E-state index contributed by atoms with van der Waals surface area (Å²) in [5.74, 6) is -0.00336. The number of carbonyl (C=O) groups excluding carboxylic acids is 1.